The number of aryl methyl sites for hydroxylation is 2. The van der Waals surface area contributed by atoms with Crippen molar-refractivity contribution < 1.29 is 4.79 Å². The van der Waals surface area contributed by atoms with Crippen LogP contribution < -0.4 is 0 Å². The van der Waals surface area contributed by atoms with Gasteiger partial charge in [0, 0.05) is 15.7 Å². The van der Waals surface area contributed by atoms with E-state index in [9.17, 15) is 4.79 Å². The summed E-state index contributed by atoms with van der Waals surface area (Å²) in [5, 5.41) is 0. The van der Waals surface area contributed by atoms with Crippen molar-refractivity contribution in [3.8, 4) is 0 Å². The maximum absolute atomic E-state index is 10.6. The fraction of sp³-hybridized carbons (Fsp3) is 0.545. The largest absolute Gasteiger partial charge is 0.303 e. The lowest BCUT2D eigenvalue weighted by atomic mass is 9.98. The van der Waals surface area contributed by atoms with Crippen molar-refractivity contribution in [1.82, 2.24) is 0 Å². The second-order valence-corrected chi connectivity index (χ2v) is 4.90. The molecule has 1 aromatic heterocycles. The van der Waals surface area contributed by atoms with Crippen molar-refractivity contribution in [3.05, 3.63) is 21.4 Å². The Morgan fingerprint density at radius 2 is 2.23 bits per heavy atom. The molecular formula is C11H14OS. The van der Waals surface area contributed by atoms with Gasteiger partial charge in [0.15, 0.2) is 0 Å². The average molecular weight is 194 g/mol. The van der Waals surface area contributed by atoms with Crippen LogP contribution in [0, 0.1) is 0 Å². The summed E-state index contributed by atoms with van der Waals surface area (Å²) in [5.74, 6) is 0.0931. The fourth-order valence-electron chi connectivity index (χ4n) is 1.81. The smallest absolute Gasteiger partial charge is 0.127 e. The Bertz CT molecular complexity index is 290. The molecule has 1 aliphatic carbocycles. The molecule has 1 heterocycles. The van der Waals surface area contributed by atoms with Crippen molar-refractivity contribution in [1.29, 1.82) is 0 Å². The molecule has 0 N–H and O–H groups in total. The van der Waals surface area contributed by atoms with E-state index in [1.807, 2.05) is 18.3 Å². The third-order valence-electron chi connectivity index (χ3n) is 2.67. The molecule has 0 aromatic carbocycles. The van der Waals surface area contributed by atoms with Gasteiger partial charge in [-0.25, -0.2) is 0 Å². The second-order valence-electron chi connectivity index (χ2n) is 3.73. The van der Waals surface area contributed by atoms with E-state index in [1.54, 1.807) is 0 Å². The van der Waals surface area contributed by atoms with Gasteiger partial charge in [-0.15, -0.1) is 11.3 Å². The number of fused-ring (bicyclic) bond motifs is 1. The fourth-order valence-corrected chi connectivity index (χ4v) is 3.07. The van der Waals surface area contributed by atoms with Crippen molar-refractivity contribution >= 4 is 17.6 Å². The topological polar surface area (TPSA) is 17.1 Å². The van der Waals surface area contributed by atoms with E-state index in [0.717, 1.165) is 6.29 Å². The maximum Gasteiger partial charge on any atom is 0.127 e. The lowest BCUT2D eigenvalue weighted by molar-refractivity contribution is -0.108. The highest BCUT2D eigenvalue weighted by atomic mass is 32.1. The molecule has 0 spiro atoms. The molecule has 70 valence electrons. The first kappa shape index (κ1) is 8.95. The van der Waals surface area contributed by atoms with E-state index >= 15 is 0 Å². The minimum Gasteiger partial charge on any atom is -0.303 e. The third kappa shape index (κ3) is 1.68. The van der Waals surface area contributed by atoms with Gasteiger partial charge >= 0.3 is 0 Å². The molecule has 0 radical (unpaired) electrons. The second kappa shape index (κ2) is 3.62. The molecule has 0 saturated heterocycles. The third-order valence-corrected chi connectivity index (χ3v) is 4.11. The van der Waals surface area contributed by atoms with Gasteiger partial charge in [0.2, 0.25) is 0 Å². The lowest BCUT2D eigenvalue weighted by Crippen LogP contribution is -1.96. The number of carbonyl (C=O) groups excluding carboxylic acids is 1. The summed E-state index contributed by atoms with van der Waals surface area (Å²) in [6.07, 6.45) is 6.13. The molecule has 13 heavy (non-hydrogen) atoms. The Morgan fingerprint density at radius 1 is 1.46 bits per heavy atom. The molecule has 0 saturated carbocycles. The number of carbonyl (C=O) groups is 1. The van der Waals surface area contributed by atoms with Gasteiger partial charge in [-0.3, -0.25) is 0 Å². The Labute approximate surface area is 82.8 Å². The molecule has 1 aliphatic rings. The molecule has 2 rings (SSSR count). The van der Waals surface area contributed by atoms with Gasteiger partial charge in [0.25, 0.3) is 0 Å². The number of thiophene rings is 1. The summed E-state index contributed by atoms with van der Waals surface area (Å²) in [5.41, 5.74) is 1.50. The number of rotatable bonds is 2. The summed E-state index contributed by atoms with van der Waals surface area (Å²) in [6, 6.07) is 2.23. The van der Waals surface area contributed by atoms with E-state index < -0.39 is 0 Å². The van der Waals surface area contributed by atoms with E-state index in [2.05, 4.69) is 6.07 Å². The molecule has 1 unspecified atom stereocenters. The van der Waals surface area contributed by atoms with Crippen LogP contribution in [0.5, 0.6) is 0 Å². The van der Waals surface area contributed by atoms with Crippen LogP contribution in [-0.4, -0.2) is 6.29 Å². The Balaban J connectivity index is 2.29. The van der Waals surface area contributed by atoms with Crippen LogP contribution in [0.15, 0.2) is 6.07 Å². The molecule has 1 aromatic rings. The van der Waals surface area contributed by atoms with Crippen LogP contribution in [-0.2, 0) is 17.6 Å². The highest BCUT2D eigenvalue weighted by Crippen LogP contribution is 2.32. The first-order valence-electron chi connectivity index (χ1n) is 4.88. The summed E-state index contributed by atoms with van der Waals surface area (Å²) in [7, 11) is 0. The van der Waals surface area contributed by atoms with Gasteiger partial charge in [0.05, 0.1) is 0 Å². The van der Waals surface area contributed by atoms with Crippen molar-refractivity contribution in [2.45, 2.75) is 38.5 Å². The van der Waals surface area contributed by atoms with Crippen molar-refractivity contribution in [2.24, 2.45) is 0 Å². The quantitative estimate of drug-likeness (QED) is 0.662. The summed E-state index contributed by atoms with van der Waals surface area (Å²) in [6.45, 7) is 1.98. The van der Waals surface area contributed by atoms with Crippen LogP contribution in [0.3, 0.4) is 0 Å². The molecule has 0 aliphatic heterocycles. The number of hydrogen-bond donors (Lipinski definition) is 0. The van der Waals surface area contributed by atoms with Crippen LogP contribution in [0.4, 0.5) is 0 Å². The monoisotopic (exact) mass is 194 g/mol. The molecule has 0 bridgehead atoms. The van der Waals surface area contributed by atoms with Gasteiger partial charge in [-0.05, 0) is 37.3 Å². The Kier molecular flexibility index (Phi) is 2.49. The van der Waals surface area contributed by atoms with E-state index in [4.69, 9.17) is 0 Å². The minimum absolute atomic E-state index is 0.0931. The Hall–Kier alpha value is -0.630. The molecule has 1 atom stereocenters. The number of aldehydes is 1. The van der Waals surface area contributed by atoms with Crippen LogP contribution >= 0.6 is 11.3 Å². The predicted molar refractivity (Wildman–Crippen MR) is 55.4 cm³/mol. The molecule has 2 heteroatoms. The van der Waals surface area contributed by atoms with Crippen LogP contribution in [0.1, 0.15) is 41.0 Å². The zero-order chi connectivity index (χ0) is 9.26. The lowest BCUT2D eigenvalue weighted by Gasteiger charge is -2.08. The average Bonchev–Trinajstić information content (AvgIpc) is 2.59. The highest BCUT2D eigenvalue weighted by Gasteiger charge is 2.15. The highest BCUT2D eigenvalue weighted by molar-refractivity contribution is 7.12. The van der Waals surface area contributed by atoms with Crippen LogP contribution in [0.25, 0.3) is 0 Å². The predicted octanol–water partition coefficient (Wildman–Crippen LogP) is 2.93. The molecule has 0 fully saturated rings. The molecular weight excluding hydrogens is 180 g/mol. The van der Waals surface area contributed by atoms with Crippen LogP contribution in [0.2, 0.25) is 0 Å². The zero-order valence-corrected chi connectivity index (χ0v) is 8.69. The van der Waals surface area contributed by atoms with E-state index in [0.29, 0.717) is 0 Å². The summed E-state index contributed by atoms with van der Waals surface area (Å²) < 4.78 is 0. The van der Waals surface area contributed by atoms with E-state index in [1.165, 1.54) is 41.0 Å². The SMILES string of the molecule is CC(C=O)c1cc2c(s1)CCCC2. The Morgan fingerprint density at radius 3 is 2.92 bits per heavy atom. The normalized spacial score (nSPS) is 17.9. The van der Waals surface area contributed by atoms with Gasteiger partial charge < -0.3 is 4.79 Å². The minimum atomic E-state index is 0.0931. The summed E-state index contributed by atoms with van der Waals surface area (Å²) in [4.78, 5) is 13.4. The molecule has 1 nitrogen and oxygen atoms in total. The standard InChI is InChI=1S/C11H14OS/c1-8(7-12)11-6-9-4-2-3-5-10(9)13-11/h6-8H,2-5H2,1H3. The molecule has 0 amide bonds. The van der Waals surface area contributed by atoms with Crippen molar-refractivity contribution in [3.63, 3.8) is 0 Å². The number of hydrogen-bond acceptors (Lipinski definition) is 2. The van der Waals surface area contributed by atoms with Crippen molar-refractivity contribution in [2.75, 3.05) is 0 Å². The maximum atomic E-state index is 10.6. The first-order chi connectivity index (χ1) is 6.31. The van der Waals surface area contributed by atoms with Gasteiger partial charge in [-0.1, -0.05) is 6.92 Å². The van der Waals surface area contributed by atoms with Gasteiger partial charge in [0.1, 0.15) is 6.29 Å². The van der Waals surface area contributed by atoms with Gasteiger partial charge in [-0.2, -0.15) is 0 Å². The summed E-state index contributed by atoms with van der Waals surface area (Å²) >= 11 is 1.84. The first-order valence-corrected chi connectivity index (χ1v) is 5.69. The zero-order valence-electron chi connectivity index (χ0n) is 7.88. The van der Waals surface area contributed by atoms with E-state index in [-0.39, 0.29) is 5.92 Å².